The van der Waals surface area contributed by atoms with E-state index in [9.17, 15) is 4.79 Å². The van der Waals surface area contributed by atoms with Crippen molar-refractivity contribution >= 4 is 5.78 Å². The molecule has 0 N–H and O–H groups in total. The Hall–Kier alpha value is -2.23. The Labute approximate surface area is 144 Å². The van der Waals surface area contributed by atoms with Crippen LogP contribution in [0, 0.1) is 0 Å². The van der Waals surface area contributed by atoms with Crippen LogP contribution in [0.25, 0.3) is 0 Å². The van der Waals surface area contributed by atoms with E-state index in [1.165, 1.54) is 0 Å². The number of ketones is 1. The van der Waals surface area contributed by atoms with Crippen LogP contribution in [-0.4, -0.2) is 37.0 Å². The van der Waals surface area contributed by atoms with Crippen LogP contribution in [0.3, 0.4) is 0 Å². The molecule has 1 aromatic rings. The number of Topliss-reactive ketones (excluding diaryl/α,β-unsaturated/α-hetero) is 1. The Morgan fingerprint density at radius 3 is 2.75 bits per heavy atom. The third kappa shape index (κ3) is 4.40. The second-order valence-corrected chi connectivity index (χ2v) is 6.05. The van der Waals surface area contributed by atoms with Gasteiger partial charge >= 0.3 is 0 Å². The summed E-state index contributed by atoms with van der Waals surface area (Å²) < 4.78 is 11.1. The fraction of sp³-hybridized carbons (Fsp3) is 0.450. The summed E-state index contributed by atoms with van der Waals surface area (Å²) in [4.78, 5) is 14.8. The first-order valence-corrected chi connectivity index (χ1v) is 8.52. The predicted molar refractivity (Wildman–Crippen MR) is 96.8 cm³/mol. The van der Waals surface area contributed by atoms with Crippen LogP contribution < -0.4 is 9.47 Å². The standard InChI is InChI=1S/C20H27NO3/c1-5-6-12-24-20-13-17(10-11-19(20)23-4)18(22)14-21-15(2)8-7-9-16(21)3/h7-11,13,15H,5-6,12,14H2,1-4H3. The topological polar surface area (TPSA) is 38.8 Å². The molecule has 0 amide bonds. The highest BCUT2D eigenvalue weighted by atomic mass is 16.5. The molecule has 0 aliphatic carbocycles. The van der Waals surface area contributed by atoms with Crippen molar-refractivity contribution in [2.45, 2.75) is 39.7 Å². The van der Waals surface area contributed by atoms with Gasteiger partial charge in [0, 0.05) is 17.3 Å². The van der Waals surface area contributed by atoms with Crippen molar-refractivity contribution in [2.24, 2.45) is 0 Å². The maximum absolute atomic E-state index is 12.7. The van der Waals surface area contributed by atoms with E-state index in [0.717, 1.165) is 18.5 Å². The number of hydrogen-bond donors (Lipinski definition) is 0. The van der Waals surface area contributed by atoms with Crippen LogP contribution in [0.5, 0.6) is 11.5 Å². The largest absolute Gasteiger partial charge is 0.493 e. The highest BCUT2D eigenvalue weighted by Crippen LogP contribution is 2.29. The molecule has 0 spiro atoms. The molecule has 4 heteroatoms. The van der Waals surface area contributed by atoms with E-state index in [-0.39, 0.29) is 11.8 Å². The number of ether oxygens (including phenoxy) is 2. The van der Waals surface area contributed by atoms with E-state index >= 15 is 0 Å². The molecule has 2 rings (SSSR count). The molecule has 130 valence electrons. The molecule has 1 heterocycles. The van der Waals surface area contributed by atoms with E-state index in [4.69, 9.17) is 9.47 Å². The van der Waals surface area contributed by atoms with E-state index in [1.807, 2.05) is 19.1 Å². The van der Waals surface area contributed by atoms with Crippen LogP contribution in [0.4, 0.5) is 0 Å². The summed E-state index contributed by atoms with van der Waals surface area (Å²) in [5.74, 6) is 1.37. The number of methoxy groups -OCH3 is 1. The quantitative estimate of drug-likeness (QED) is 0.529. The number of rotatable bonds is 8. The maximum atomic E-state index is 12.7. The minimum Gasteiger partial charge on any atom is -0.493 e. The van der Waals surface area contributed by atoms with Crippen molar-refractivity contribution in [3.63, 3.8) is 0 Å². The van der Waals surface area contributed by atoms with Crippen molar-refractivity contribution < 1.29 is 14.3 Å². The number of carbonyl (C=O) groups is 1. The maximum Gasteiger partial charge on any atom is 0.182 e. The first-order chi connectivity index (χ1) is 11.6. The average Bonchev–Trinajstić information content (AvgIpc) is 2.58. The van der Waals surface area contributed by atoms with Gasteiger partial charge in [-0.2, -0.15) is 0 Å². The minimum absolute atomic E-state index is 0.0768. The molecule has 0 saturated carbocycles. The number of carbonyl (C=O) groups excluding carboxylic acids is 1. The minimum atomic E-state index is 0.0768. The second-order valence-electron chi connectivity index (χ2n) is 6.05. The Balaban J connectivity index is 2.12. The van der Waals surface area contributed by atoms with Gasteiger partial charge in [-0.25, -0.2) is 0 Å². The zero-order valence-electron chi connectivity index (χ0n) is 15.0. The number of hydrogen-bond acceptors (Lipinski definition) is 4. The Bertz CT molecular complexity index is 634. The van der Waals surface area contributed by atoms with Crippen molar-refractivity contribution in [1.82, 2.24) is 4.90 Å². The molecule has 1 aliphatic rings. The molecule has 4 nitrogen and oxygen atoms in total. The second kappa shape index (κ2) is 8.57. The first kappa shape index (κ1) is 18.1. The normalized spacial score (nSPS) is 16.8. The predicted octanol–water partition coefficient (Wildman–Crippen LogP) is 4.22. The van der Waals surface area contributed by atoms with Crippen LogP contribution >= 0.6 is 0 Å². The van der Waals surface area contributed by atoms with Gasteiger partial charge in [0.05, 0.1) is 20.3 Å². The van der Waals surface area contributed by atoms with Gasteiger partial charge in [0.25, 0.3) is 0 Å². The van der Waals surface area contributed by atoms with Crippen molar-refractivity contribution in [3.05, 3.63) is 47.7 Å². The van der Waals surface area contributed by atoms with E-state index in [0.29, 0.717) is 30.2 Å². The Kier molecular flexibility index (Phi) is 6.47. The van der Waals surface area contributed by atoms with Crippen LogP contribution in [0.1, 0.15) is 44.0 Å². The molecular formula is C20H27NO3. The van der Waals surface area contributed by atoms with Gasteiger partial charge in [-0.15, -0.1) is 0 Å². The smallest absolute Gasteiger partial charge is 0.182 e. The molecule has 1 aromatic carbocycles. The summed E-state index contributed by atoms with van der Waals surface area (Å²) in [6.45, 7) is 7.22. The lowest BCUT2D eigenvalue weighted by atomic mass is 10.1. The van der Waals surface area contributed by atoms with Gasteiger partial charge in [-0.05, 0) is 44.5 Å². The lowest BCUT2D eigenvalue weighted by Gasteiger charge is -2.31. The molecule has 1 unspecified atom stereocenters. The highest BCUT2D eigenvalue weighted by Gasteiger charge is 2.19. The molecule has 0 radical (unpaired) electrons. The summed E-state index contributed by atoms with van der Waals surface area (Å²) in [5.41, 5.74) is 1.75. The highest BCUT2D eigenvalue weighted by molar-refractivity contribution is 5.98. The molecule has 0 saturated heterocycles. The summed E-state index contributed by atoms with van der Waals surface area (Å²) in [5, 5.41) is 0. The van der Waals surface area contributed by atoms with Gasteiger partial charge in [0.2, 0.25) is 0 Å². The lowest BCUT2D eigenvalue weighted by Crippen LogP contribution is -2.36. The summed E-state index contributed by atoms with van der Waals surface area (Å²) >= 11 is 0. The zero-order valence-corrected chi connectivity index (χ0v) is 15.0. The van der Waals surface area contributed by atoms with Gasteiger partial charge in [-0.3, -0.25) is 4.79 Å². The van der Waals surface area contributed by atoms with Gasteiger partial charge in [0.15, 0.2) is 17.3 Å². The number of unbranched alkanes of at least 4 members (excludes halogenated alkanes) is 1. The van der Waals surface area contributed by atoms with Gasteiger partial charge in [-0.1, -0.05) is 25.5 Å². The van der Waals surface area contributed by atoms with Crippen molar-refractivity contribution in [3.8, 4) is 11.5 Å². The Morgan fingerprint density at radius 2 is 2.08 bits per heavy atom. The molecule has 0 fully saturated rings. The van der Waals surface area contributed by atoms with Crippen molar-refractivity contribution in [2.75, 3.05) is 20.3 Å². The van der Waals surface area contributed by atoms with Crippen LogP contribution in [0.15, 0.2) is 42.1 Å². The van der Waals surface area contributed by atoms with Gasteiger partial charge in [0.1, 0.15) is 0 Å². The molecule has 0 aromatic heterocycles. The molecular weight excluding hydrogens is 302 g/mol. The number of benzene rings is 1. The molecule has 1 aliphatic heterocycles. The summed E-state index contributed by atoms with van der Waals surface area (Å²) in [6.07, 6.45) is 8.19. The monoisotopic (exact) mass is 329 g/mol. The Morgan fingerprint density at radius 1 is 1.29 bits per heavy atom. The van der Waals surface area contributed by atoms with E-state index in [1.54, 1.807) is 25.3 Å². The van der Waals surface area contributed by atoms with E-state index < -0.39 is 0 Å². The summed E-state index contributed by atoms with van der Waals surface area (Å²) in [6, 6.07) is 5.62. The average molecular weight is 329 g/mol. The summed E-state index contributed by atoms with van der Waals surface area (Å²) in [7, 11) is 1.61. The molecule has 0 bridgehead atoms. The van der Waals surface area contributed by atoms with Crippen LogP contribution in [0.2, 0.25) is 0 Å². The third-order valence-electron chi connectivity index (χ3n) is 4.23. The third-order valence-corrected chi connectivity index (χ3v) is 4.23. The van der Waals surface area contributed by atoms with Crippen molar-refractivity contribution in [1.29, 1.82) is 0 Å². The first-order valence-electron chi connectivity index (χ1n) is 8.52. The number of nitrogens with zero attached hydrogens (tertiary/aromatic N) is 1. The molecule has 24 heavy (non-hydrogen) atoms. The fourth-order valence-corrected chi connectivity index (χ4v) is 2.68. The fourth-order valence-electron chi connectivity index (χ4n) is 2.68. The lowest BCUT2D eigenvalue weighted by molar-refractivity contribution is 0.0938. The van der Waals surface area contributed by atoms with Crippen LogP contribution in [-0.2, 0) is 0 Å². The number of allylic oxidation sites excluding steroid dienone is 3. The SMILES string of the molecule is CCCCOc1cc(C(=O)CN2C(C)=CC=CC2C)ccc1OC. The molecule has 1 atom stereocenters. The zero-order chi connectivity index (χ0) is 17.5. The van der Waals surface area contributed by atoms with Gasteiger partial charge < -0.3 is 14.4 Å². The van der Waals surface area contributed by atoms with E-state index in [2.05, 4.69) is 24.8 Å².